The smallest absolute Gasteiger partial charge is 0.222 e. The maximum absolute atomic E-state index is 12.0. The molecule has 2 aliphatic heterocycles. The summed E-state index contributed by atoms with van der Waals surface area (Å²) in [6.45, 7) is 3.62. The van der Waals surface area contributed by atoms with Crippen molar-refractivity contribution in [2.45, 2.75) is 37.8 Å². The first-order valence-corrected chi connectivity index (χ1v) is 8.60. The van der Waals surface area contributed by atoms with Crippen LogP contribution in [-0.2, 0) is 20.7 Å². The molecule has 1 fully saturated rings. The van der Waals surface area contributed by atoms with Crippen molar-refractivity contribution >= 4 is 5.91 Å². The molecule has 3 rings (SSSR count). The van der Waals surface area contributed by atoms with Crippen LogP contribution in [0.25, 0.3) is 0 Å². The van der Waals surface area contributed by atoms with Crippen LogP contribution in [0.3, 0.4) is 0 Å². The summed E-state index contributed by atoms with van der Waals surface area (Å²) in [4.78, 5) is 12.0. The third kappa shape index (κ3) is 4.77. The molecule has 1 aromatic carbocycles. The standard InChI is InChI=1S/C18H26N2O3/c21-18(8-12-23-15-6-10-22-11-7-15)20-13-17-16-4-2-1-3-14(16)5-9-19-17/h1-4,15,17,19H,5-13H2,(H,20,21). The van der Waals surface area contributed by atoms with Crippen molar-refractivity contribution in [1.82, 2.24) is 10.6 Å². The highest BCUT2D eigenvalue weighted by Gasteiger charge is 2.19. The highest BCUT2D eigenvalue weighted by Crippen LogP contribution is 2.21. The number of carbonyl (C=O) groups excluding carboxylic acids is 1. The summed E-state index contributed by atoms with van der Waals surface area (Å²) in [6.07, 6.45) is 3.60. The Morgan fingerprint density at radius 3 is 3.00 bits per heavy atom. The van der Waals surface area contributed by atoms with Crippen molar-refractivity contribution in [3.63, 3.8) is 0 Å². The Morgan fingerprint density at radius 2 is 2.13 bits per heavy atom. The average Bonchev–Trinajstić information content (AvgIpc) is 2.61. The summed E-state index contributed by atoms with van der Waals surface area (Å²) in [7, 11) is 0. The largest absolute Gasteiger partial charge is 0.381 e. The van der Waals surface area contributed by atoms with Crippen LogP contribution in [0, 0.1) is 0 Å². The molecule has 0 bridgehead atoms. The maximum atomic E-state index is 12.0. The Balaban J connectivity index is 1.38. The molecule has 23 heavy (non-hydrogen) atoms. The number of amides is 1. The van der Waals surface area contributed by atoms with Gasteiger partial charge >= 0.3 is 0 Å². The van der Waals surface area contributed by atoms with E-state index in [0.29, 0.717) is 19.6 Å². The van der Waals surface area contributed by atoms with Gasteiger partial charge in [-0.15, -0.1) is 0 Å². The van der Waals surface area contributed by atoms with Crippen LogP contribution in [0.2, 0.25) is 0 Å². The topological polar surface area (TPSA) is 59.6 Å². The summed E-state index contributed by atoms with van der Waals surface area (Å²) in [5, 5.41) is 6.50. The fourth-order valence-corrected chi connectivity index (χ4v) is 3.24. The summed E-state index contributed by atoms with van der Waals surface area (Å²) >= 11 is 0. The van der Waals surface area contributed by atoms with E-state index in [1.807, 2.05) is 0 Å². The Labute approximate surface area is 137 Å². The lowest BCUT2D eigenvalue weighted by Gasteiger charge is -2.27. The second-order valence-electron chi connectivity index (χ2n) is 6.19. The molecule has 126 valence electrons. The molecule has 1 saturated heterocycles. The fraction of sp³-hybridized carbons (Fsp3) is 0.611. The molecule has 1 atom stereocenters. The minimum Gasteiger partial charge on any atom is -0.381 e. The van der Waals surface area contributed by atoms with Gasteiger partial charge in [0.25, 0.3) is 0 Å². The molecule has 2 aliphatic rings. The summed E-state index contributed by atoms with van der Waals surface area (Å²) in [5.74, 6) is 0.0573. The Bertz CT molecular complexity index is 515. The molecule has 5 heteroatoms. The third-order valence-electron chi connectivity index (χ3n) is 4.57. The molecule has 0 aromatic heterocycles. The molecule has 2 N–H and O–H groups in total. The van der Waals surface area contributed by atoms with Gasteiger partial charge in [0, 0.05) is 32.2 Å². The number of hydrogen-bond donors (Lipinski definition) is 2. The van der Waals surface area contributed by atoms with E-state index in [1.165, 1.54) is 11.1 Å². The zero-order valence-corrected chi connectivity index (χ0v) is 13.6. The third-order valence-corrected chi connectivity index (χ3v) is 4.57. The number of ether oxygens (including phenoxy) is 2. The number of benzene rings is 1. The Hall–Kier alpha value is -1.43. The van der Waals surface area contributed by atoms with Crippen molar-refractivity contribution in [2.24, 2.45) is 0 Å². The first-order chi connectivity index (χ1) is 11.3. The van der Waals surface area contributed by atoms with Crippen LogP contribution in [0.5, 0.6) is 0 Å². The lowest BCUT2D eigenvalue weighted by atomic mass is 9.94. The van der Waals surface area contributed by atoms with Gasteiger partial charge < -0.3 is 20.1 Å². The van der Waals surface area contributed by atoms with Crippen molar-refractivity contribution in [2.75, 3.05) is 32.9 Å². The number of rotatable bonds is 6. The maximum Gasteiger partial charge on any atom is 0.222 e. The molecule has 0 aliphatic carbocycles. The van der Waals surface area contributed by atoms with E-state index in [1.54, 1.807) is 0 Å². The van der Waals surface area contributed by atoms with E-state index in [0.717, 1.165) is 39.0 Å². The lowest BCUT2D eigenvalue weighted by Crippen LogP contribution is -2.39. The quantitative estimate of drug-likeness (QED) is 0.836. The average molecular weight is 318 g/mol. The van der Waals surface area contributed by atoms with Crippen LogP contribution in [0.4, 0.5) is 0 Å². The van der Waals surface area contributed by atoms with Crippen molar-refractivity contribution in [1.29, 1.82) is 0 Å². The zero-order valence-electron chi connectivity index (χ0n) is 13.6. The molecule has 1 aromatic rings. The number of carbonyl (C=O) groups is 1. The summed E-state index contributed by atoms with van der Waals surface area (Å²) in [6, 6.07) is 8.66. The van der Waals surface area contributed by atoms with E-state index < -0.39 is 0 Å². The van der Waals surface area contributed by atoms with Gasteiger partial charge in [-0.2, -0.15) is 0 Å². The molecular formula is C18H26N2O3. The highest BCUT2D eigenvalue weighted by molar-refractivity contribution is 5.76. The van der Waals surface area contributed by atoms with Gasteiger partial charge in [0.1, 0.15) is 0 Å². The van der Waals surface area contributed by atoms with Gasteiger partial charge in [-0.3, -0.25) is 4.79 Å². The van der Waals surface area contributed by atoms with E-state index in [-0.39, 0.29) is 18.1 Å². The van der Waals surface area contributed by atoms with Crippen LogP contribution in [0.15, 0.2) is 24.3 Å². The second kappa shape index (κ2) is 8.43. The normalized spacial score (nSPS) is 21.7. The highest BCUT2D eigenvalue weighted by atomic mass is 16.5. The predicted octanol–water partition coefficient (Wildman–Crippen LogP) is 1.58. The second-order valence-corrected chi connectivity index (χ2v) is 6.19. The SMILES string of the molecule is O=C(CCOC1CCOCC1)NCC1NCCc2ccccc21. The van der Waals surface area contributed by atoms with Crippen LogP contribution in [0.1, 0.15) is 36.4 Å². The van der Waals surface area contributed by atoms with E-state index >= 15 is 0 Å². The van der Waals surface area contributed by atoms with Gasteiger partial charge in [-0.25, -0.2) is 0 Å². The van der Waals surface area contributed by atoms with Crippen molar-refractivity contribution in [3.8, 4) is 0 Å². The van der Waals surface area contributed by atoms with Crippen molar-refractivity contribution in [3.05, 3.63) is 35.4 Å². The molecule has 0 spiro atoms. The molecular weight excluding hydrogens is 292 g/mol. The van der Waals surface area contributed by atoms with Gasteiger partial charge in [0.05, 0.1) is 12.7 Å². The molecule has 0 radical (unpaired) electrons. The first kappa shape index (κ1) is 16.4. The van der Waals surface area contributed by atoms with Gasteiger partial charge in [-0.05, 0) is 36.9 Å². The molecule has 1 amide bonds. The number of nitrogens with one attached hydrogen (secondary N) is 2. The minimum atomic E-state index is 0.0573. The summed E-state index contributed by atoms with van der Waals surface area (Å²) < 4.78 is 11.0. The zero-order chi connectivity index (χ0) is 15.9. The lowest BCUT2D eigenvalue weighted by molar-refractivity contribution is -0.123. The Kier molecular flexibility index (Phi) is 6.02. The van der Waals surface area contributed by atoms with Crippen LogP contribution >= 0.6 is 0 Å². The molecule has 2 heterocycles. The number of hydrogen-bond acceptors (Lipinski definition) is 4. The van der Waals surface area contributed by atoms with Gasteiger partial charge in [-0.1, -0.05) is 24.3 Å². The first-order valence-electron chi connectivity index (χ1n) is 8.60. The molecule has 0 saturated carbocycles. The monoisotopic (exact) mass is 318 g/mol. The van der Waals surface area contributed by atoms with Gasteiger partial charge in [0.15, 0.2) is 0 Å². The number of fused-ring (bicyclic) bond motifs is 1. The molecule has 5 nitrogen and oxygen atoms in total. The van der Waals surface area contributed by atoms with Gasteiger partial charge in [0.2, 0.25) is 5.91 Å². The van der Waals surface area contributed by atoms with Crippen LogP contribution in [-0.4, -0.2) is 44.9 Å². The van der Waals surface area contributed by atoms with E-state index in [9.17, 15) is 4.79 Å². The summed E-state index contributed by atoms with van der Waals surface area (Å²) in [5.41, 5.74) is 2.69. The predicted molar refractivity (Wildman–Crippen MR) is 88.3 cm³/mol. The molecule has 1 unspecified atom stereocenters. The fourth-order valence-electron chi connectivity index (χ4n) is 3.24. The van der Waals surface area contributed by atoms with E-state index in [4.69, 9.17) is 9.47 Å². The minimum absolute atomic E-state index is 0.0573. The Morgan fingerprint density at radius 1 is 1.30 bits per heavy atom. The van der Waals surface area contributed by atoms with E-state index in [2.05, 4.69) is 34.9 Å². The van der Waals surface area contributed by atoms with Crippen molar-refractivity contribution < 1.29 is 14.3 Å². The van der Waals surface area contributed by atoms with Crippen LogP contribution < -0.4 is 10.6 Å².